The Kier molecular flexibility index (Phi) is 5.21. The summed E-state index contributed by atoms with van der Waals surface area (Å²) in [6, 6.07) is 9.25. The molecule has 6 heteroatoms. The predicted octanol–water partition coefficient (Wildman–Crippen LogP) is 1.91. The van der Waals surface area contributed by atoms with Crippen LogP contribution in [0.5, 0.6) is 0 Å². The minimum atomic E-state index is -0.838. The smallest absolute Gasteiger partial charge is 0.312 e. The maximum absolute atomic E-state index is 12.0. The Bertz CT molecular complexity index is 629. The minimum absolute atomic E-state index is 0. The van der Waals surface area contributed by atoms with Gasteiger partial charge in [0.1, 0.15) is 0 Å². The van der Waals surface area contributed by atoms with E-state index in [-0.39, 0.29) is 24.3 Å². The van der Waals surface area contributed by atoms with E-state index in [1.165, 1.54) is 0 Å². The van der Waals surface area contributed by atoms with Gasteiger partial charge in [0.05, 0.1) is 30.7 Å². The van der Waals surface area contributed by atoms with Crippen LogP contribution in [0.1, 0.15) is 17.4 Å². The summed E-state index contributed by atoms with van der Waals surface area (Å²) in [5.41, 5.74) is 1.65. The first-order valence-corrected chi connectivity index (χ1v) is 7.01. The lowest BCUT2D eigenvalue weighted by Gasteiger charge is -2.20. The molecule has 1 fully saturated rings. The van der Waals surface area contributed by atoms with E-state index in [9.17, 15) is 9.90 Å². The summed E-state index contributed by atoms with van der Waals surface area (Å²) < 4.78 is 7.04. The van der Waals surface area contributed by atoms with Crippen LogP contribution in [0.3, 0.4) is 0 Å². The number of aromatic nitrogens is 2. The molecular weight excluding hydrogens is 304 g/mol. The van der Waals surface area contributed by atoms with Gasteiger partial charge in [0, 0.05) is 19.2 Å². The molecule has 0 spiro atoms. The number of benzene rings is 1. The van der Waals surface area contributed by atoms with Gasteiger partial charge < -0.3 is 14.4 Å². The van der Waals surface area contributed by atoms with E-state index in [0.717, 1.165) is 11.3 Å². The summed E-state index contributed by atoms with van der Waals surface area (Å²) in [4.78, 5) is 16.3. The number of carbonyl (C=O) groups excluding carboxylic acids is 1. The molecular formula is C16H19ClN2O3. The number of hydrogen-bond acceptors (Lipinski definition) is 4. The Hall–Kier alpha value is -1.85. The van der Waals surface area contributed by atoms with Crippen molar-refractivity contribution in [1.82, 2.24) is 9.55 Å². The molecule has 1 aromatic heterocycles. The lowest BCUT2D eigenvalue weighted by molar-refractivity contribution is -0.144. The zero-order valence-electron chi connectivity index (χ0n) is 12.3. The van der Waals surface area contributed by atoms with Gasteiger partial charge in [0.15, 0.2) is 0 Å². The molecule has 1 aliphatic heterocycles. The molecule has 22 heavy (non-hydrogen) atoms. The second kappa shape index (κ2) is 6.94. The highest BCUT2D eigenvalue weighted by molar-refractivity contribution is 5.85. The Labute approximate surface area is 135 Å². The second-order valence-electron chi connectivity index (χ2n) is 5.51. The average molecular weight is 323 g/mol. The SMILES string of the molecule is Cl.Cn1cnc(C[C@H]2COC(=O)[C@@H]2[C@H](O)c2ccccc2)c1. The van der Waals surface area contributed by atoms with Gasteiger partial charge in [-0.25, -0.2) is 4.98 Å². The van der Waals surface area contributed by atoms with Crippen molar-refractivity contribution in [2.45, 2.75) is 12.5 Å². The number of aryl methyl sites for hydroxylation is 1. The van der Waals surface area contributed by atoms with Gasteiger partial charge in [0.25, 0.3) is 0 Å². The summed E-state index contributed by atoms with van der Waals surface area (Å²) in [6.45, 7) is 0.337. The first-order valence-electron chi connectivity index (χ1n) is 7.01. The summed E-state index contributed by atoms with van der Waals surface area (Å²) >= 11 is 0. The summed E-state index contributed by atoms with van der Waals surface area (Å²) in [7, 11) is 1.91. The van der Waals surface area contributed by atoms with Gasteiger partial charge in [-0.1, -0.05) is 30.3 Å². The Morgan fingerprint density at radius 2 is 2.14 bits per heavy atom. The van der Waals surface area contributed by atoms with Crippen LogP contribution in [0.15, 0.2) is 42.9 Å². The maximum atomic E-state index is 12.0. The van der Waals surface area contributed by atoms with Gasteiger partial charge in [-0.3, -0.25) is 4.79 Å². The number of carbonyl (C=O) groups is 1. The van der Waals surface area contributed by atoms with E-state index in [2.05, 4.69) is 4.98 Å². The topological polar surface area (TPSA) is 64.4 Å². The number of ether oxygens (including phenoxy) is 1. The molecule has 2 heterocycles. The maximum Gasteiger partial charge on any atom is 0.312 e. The van der Waals surface area contributed by atoms with E-state index in [0.29, 0.717) is 13.0 Å². The normalized spacial score (nSPS) is 22.0. The largest absolute Gasteiger partial charge is 0.465 e. The lowest BCUT2D eigenvalue weighted by Crippen LogP contribution is -2.25. The average Bonchev–Trinajstić information content (AvgIpc) is 3.06. The van der Waals surface area contributed by atoms with Crippen molar-refractivity contribution in [3.8, 4) is 0 Å². The standard InChI is InChI=1S/C16H18N2O3.ClH/c1-18-8-13(17-10-18)7-12-9-21-16(20)14(12)15(19)11-5-3-2-4-6-11;/h2-6,8,10,12,14-15,19H,7,9H2,1H3;1H/t12-,14-,15+;/m0./s1. The van der Waals surface area contributed by atoms with Crippen LogP contribution in [0, 0.1) is 11.8 Å². The molecule has 1 aliphatic rings. The minimum Gasteiger partial charge on any atom is -0.465 e. The Morgan fingerprint density at radius 1 is 1.41 bits per heavy atom. The molecule has 2 aromatic rings. The van der Waals surface area contributed by atoms with Crippen molar-refractivity contribution in [2.24, 2.45) is 18.9 Å². The molecule has 0 radical (unpaired) electrons. The van der Waals surface area contributed by atoms with Crippen LogP contribution in [0.4, 0.5) is 0 Å². The molecule has 1 N–H and O–H groups in total. The molecule has 5 nitrogen and oxygen atoms in total. The molecule has 0 saturated carbocycles. The number of aliphatic hydroxyl groups excluding tert-OH is 1. The molecule has 0 amide bonds. The number of nitrogens with zero attached hydrogens (tertiary/aromatic N) is 2. The van der Waals surface area contributed by atoms with E-state index in [1.54, 1.807) is 6.33 Å². The molecule has 1 aromatic carbocycles. The second-order valence-corrected chi connectivity index (χ2v) is 5.51. The fraction of sp³-hybridized carbons (Fsp3) is 0.375. The highest BCUT2D eigenvalue weighted by atomic mass is 35.5. The van der Waals surface area contributed by atoms with Crippen molar-refractivity contribution < 1.29 is 14.6 Å². The summed E-state index contributed by atoms with van der Waals surface area (Å²) in [5, 5.41) is 10.5. The van der Waals surface area contributed by atoms with Gasteiger partial charge in [-0.15, -0.1) is 12.4 Å². The molecule has 0 aliphatic carbocycles. The number of halogens is 1. The predicted molar refractivity (Wildman–Crippen MR) is 83.5 cm³/mol. The van der Waals surface area contributed by atoms with Crippen molar-refractivity contribution in [3.05, 3.63) is 54.1 Å². The third kappa shape index (κ3) is 3.31. The number of esters is 1. The van der Waals surface area contributed by atoms with Crippen molar-refractivity contribution in [2.75, 3.05) is 6.61 Å². The van der Waals surface area contributed by atoms with Crippen molar-refractivity contribution in [1.29, 1.82) is 0 Å². The number of hydrogen-bond donors (Lipinski definition) is 1. The third-order valence-corrected chi connectivity index (χ3v) is 3.93. The third-order valence-electron chi connectivity index (χ3n) is 3.93. The van der Waals surface area contributed by atoms with Gasteiger partial charge >= 0.3 is 5.97 Å². The van der Waals surface area contributed by atoms with Gasteiger partial charge in [0.2, 0.25) is 0 Å². The zero-order valence-corrected chi connectivity index (χ0v) is 13.1. The molecule has 0 unspecified atom stereocenters. The number of imidazole rings is 1. The van der Waals surface area contributed by atoms with E-state index >= 15 is 0 Å². The zero-order chi connectivity index (χ0) is 14.8. The van der Waals surface area contributed by atoms with Crippen LogP contribution in [0.2, 0.25) is 0 Å². The summed E-state index contributed by atoms with van der Waals surface area (Å²) in [6.07, 6.45) is 3.45. The fourth-order valence-corrected chi connectivity index (χ4v) is 2.85. The molecule has 3 atom stereocenters. The molecule has 118 valence electrons. The molecule has 0 bridgehead atoms. The van der Waals surface area contributed by atoms with Crippen LogP contribution in [0.25, 0.3) is 0 Å². The molecule has 3 rings (SSSR count). The van der Waals surface area contributed by atoms with Crippen LogP contribution in [-0.2, 0) is 23.0 Å². The van der Waals surface area contributed by atoms with Crippen molar-refractivity contribution >= 4 is 18.4 Å². The first kappa shape index (κ1) is 16.5. The van der Waals surface area contributed by atoms with Gasteiger partial charge in [-0.05, 0) is 12.0 Å². The number of rotatable bonds is 4. The van der Waals surface area contributed by atoms with E-state index < -0.39 is 12.0 Å². The van der Waals surface area contributed by atoms with Crippen LogP contribution < -0.4 is 0 Å². The Morgan fingerprint density at radius 3 is 2.77 bits per heavy atom. The van der Waals surface area contributed by atoms with Gasteiger partial charge in [-0.2, -0.15) is 0 Å². The fourth-order valence-electron chi connectivity index (χ4n) is 2.85. The van der Waals surface area contributed by atoms with Crippen molar-refractivity contribution in [3.63, 3.8) is 0 Å². The quantitative estimate of drug-likeness (QED) is 0.873. The number of cyclic esters (lactones) is 1. The monoisotopic (exact) mass is 322 g/mol. The highest BCUT2D eigenvalue weighted by Gasteiger charge is 2.42. The van der Waals surface area contributed by atoms with E-state index in [1.807, 2.05) is 48.1 Å². The first-order chi connectivity index (χ1) is 10.1. The molecule has 1 saturated heterocycles. The van der Waals surface area contributed by atoms with Crippen LogP contribution >= 0.6 is 12.4 Å². The van der Waals surface area contributed by atoms with Crippen LogP contribution in [-0.4, -0.2) is 27.2 Å². The highest BCUT2D eigenvalue weighted by Crippen LogP contribution is 2.35. The number of aliphatic hydroxyl groups is 1. The van der Waals surface area contributed by atoms with E-state index in [4.69, 9.17) is 4.74 Å². The lowest BCUT2D eigenvalue weighted by atomic mass is 9.84. The summed E-state index contributed by atoms with van der Waals surface area (Å²) in [5.74, 6) is -0.913. The Balaban J connectivity index is 0.00000176.